The molecule has 0 bridgehead atoms. The average Bonchev–Trinajstić information content (AvgIpc) is 1.67. The molecule has 3 aliphatic rings. The smallest absolute Gasteiger partial charge is 0.269 e. The summed E-state index contributed by atoms with van der Waals surface area (Å²) in [7, 11) is 6.49. The molecular formula is C90H104N14O15. The second kappa shape index (κ2) is 42.0. The number of non-ortho nitro benzene ring substituents is 3. The number of primary amides is 3. The summed E-state index contributed by atoms with van der Waals surface area (Å²) in [6.45, 7) is 17.3. The fraction of sp³-hybridized carbons (Fsp3) is 0.311. The molecule has 8 aromatic carbocycles. The number of nitrogens with two attached hydrogens (primary N) is 4. The molecule has 624 valence electrons. The topological polar surface area (TPSA) is 395 Å². The number of methoxy groups -OCH3 is 4. The number of aromatic nitrogens is 3. The summed E-state index contributed by atoms with van der Waals surface area (Å²) in [6, 6.07) is 49.2. The number of amides is 4. The normalized spacial score (nSPS) is 14.0. The number of likely N-dealkylation sites (tertiary alicyclic amines) is 3. The first-order valence-electron chi connectivity index (χ1n) is 39.3. The minimum Gasteiger partial charge on any atom is -0.508 e. The van der Waals surface area contributed by atoms with Crippen molar-refractivity contribution in [2.24, 2.45) is 17.2 Å². The summed E-state index contributed by atoms with van der Waals surface area (Å²) < 4.78 is 28.3. The molecule has 29 heteroatoms. The molecule has 0 radical (unpaired) electrons. The lowest BCUT2D eigenvalue weighted by Gasteiger charge is -2.33. The van der Waals surface area contributed by atoms with Crippen LogP contribution in [0, 0.1) is 30.3 Å². The van der Waals surface area contributed by atoms with E-state index < -0.39 is 21.7 Å². The van der Waals surface area contributed by atoms with E-state index in [1.807, 2.05) is 72.8 Å². The number of allylic oxidation sites excluding steroid dienone is 2. The van der Waals surface area contributed by atoms with Crippen LogP contribution in [0.4, 0.5) is 28.4 Å². The van der Waals surface area contributed by atoms with Gasteiger partial charge in [0, 0.05) is 200 Å². The number of carbonyl (C=O) groups excluding carboxylic acids is 4. The molecular weight excluding hydrogens is 1520 g/mol. The Morgan fingerprint density at radius 2 is 0.756 bits per heavy atom. The number of nitro benzene ring substituents is 3. The first kappa shape index (κ1) is 88.0. The maximum absolute atomic E-state index is 11.6. The van der Waals surface area contributed by atoms with E-state index in [0.717, 1.165) is 188 Å². The highest BCUT2D eigenvalue weighted by Gasteiger charge is 2.27. The third-order valence-electron chi connectivity index (χ3n) is 21.8. The number of phenols is 1. The molecule has 3 fully saturated rings. The van der Waals surface area contributed by atoms with Crippen LogP contribution in [0.5, 0.6) is 28.7 Å². The maximum Gasteiger partial charge on any atom is 0.269 e. The maximum atomic E-state index is 11.6. The molecule has 3 aliphatic heterocycles. The number of nitrogens with one attached hydrogen (secondary N) is 1. The molecule has 3 saturated heterocycles. The van der Waals surface area contributed by atoms with Crippen LogP contribution in [0.25, 0.3) is 32.7 Å². The molecule has 4 amide bonds. The number of hydrogen-bond acceptors (Lipinski definition) is 19. The van der Waals surface area contributed by atoms with Crippen molar-refractivity contribution in [3.63, 3.8) is 0 Å². The zero-order valence-electron chi connectivity index (χ0n) is 67.8. The number of hydrogen-bond donors (Lipinski definition) is 6. The van der Waals surface area contributed by atoms with E-state index in [0.29, 0.717) is 71.1 Å². The van der Waals surface area contributed by atoms with Crippen molar-refractivity contribution in [1.29, 1.82) is 0 Å². The predicted octanol–water partition coefficient (Wildman–Crippen LogP) is 14.7. The SMILES string of the molecule is C=CCc1cc([N+](=O)[O-])ccc1O.C=CCc1cc([N+](=O)[O-])ccc1OC.COc1ccc(N)cc1CCN1CCC(n2ccc3ccc(C(N)=O)cc32)CC1.COc1ccc(NC(C)=O)cc1CCN1CCC(n2ccc3ccc(C(N)=O)cc32)CC1.COc1ccc([N+](=O)[O-])cc1CCN1CCC(n2ccc3ccc(C(N)=O)cc32)CC1. The van der Waals surface area contributed by atoms with Crippen molar-refractivity contribution >= 4 is 84.8 Å². The van der Waals surface area contributed by atoms with Crippen molar-refractivity contribution in [3.05, 3.63) is 283 Å². The van der Waals surface area contributed by atoms with E-state index in [-0.39, 0.29) is 39.5 Å². The third-order valence-corrected chi connectivity index (χ3v) is 21.8. The lowest BCUT2D eigenvalue weighted by atomic mass is 10.0. The van der Waals surface area contributed by atoms with Crippen molar-refractivity contribution < 1.29 is 58.0 Å². The first-order valence-corrected chi connectivity index (χ1v) is 39.3. The van der Waals surface area contributed by atoms with Crippen LogP contribution >= 0.6 is 0 Å². The molecule has 14 rings (SSSR count). The highest BCUT2D eigenvalue weighted by molar-refractivity contribution is 5.99. The zero-order chi connectivity index (χ0) is 85.4. The molecule has 29 nitrogen and oxygen atoms in total. The quantitative estimate of drug-likeness (QED) is 0.0120. The molecule has 0 unspecified atom stereocenters. The summed E-state index contributed by atoms with van der Waals surface area (Å²) in [5, 5.41) is 47.4. The van der Waals surface area contributed by atoms with Gasteiger partial charge in [-0.2, -0.15) is 0 Å². The summed E-state index contributed by atoms with van der Waals surface area (Å²) in [4.78, 5) is 84.1. The fourth-order valence-corrected chi connectivity index (χ4v) is 15.5. The van der Waals surface area contributed by atoms with Gasteiger partial charge in [-0.05, 0) is 207 Å². The average molecular weight is 1620 g/mol. The van der Waals surface area contributed by atoms with Crippen LogP contribution in [-0.2, 0) is 36.9 Å². The van der Waals surface area contributed by atoms with Gasteiger partial charge in [0.2, 0.25) is 23.6 Å². The largest absolute Gasteiger partial charge is 0.508 e. The molecule has 0 spiro atoms. The lowest BCUT2D eigenvalue weighted by molar-refractivity contribution is -0.385. The Morgan fingerprint density at radius 1 is 0.437 bits per heavy atom. The number of aromatic hydroxyl groups is 1. The van der Waals surface area contributed by atoms with Crippen molar-refractivity contribution in [1.82, 2.24) is 28.4 Å². The van der Waals surface area contributed by atoms with Crippen molar-refractivity contribution in [2.75, 3.05) is 98.4 Å². The Balaban J connectivity index is 0.000000163. The predicted molar refractivity (Wildman–Crippen MR) is 463 cm³/mol. The van der Waals surface area contributed by atoms with Gasteiger partial charge >= 0.3 is 0 Å². The van der Waals surface area contributed by atoms with E-state index in [4.69, 9.17) is 41.9 Å². The minimum atomic E-state index is -0.494. The minimum absolute atomic E-state index is 0.0188. The van der Waals surface area contributed by atoms with E-state index in [1.165, 1.54) is 50.4 Å². The van der Waals surface area contributed by atoms with E-state index in [1.54, 1.807) is 69.9 Å². The fourth-order valence-electron chi connectivity index (χ4n) is 15.5. The van der Waals surface area contributed by atoms with Gasteiger partial charge in [-0.1, -0.05) is 30.4 Å². The first-order chi connectivity index (χ1) is 57.3. The van der Waals surface area contributed by atoms with Crippen LogP contribution in [0.3, 0.4) is 0 Å². The molecule has 0 saturated carbocycles. The number of anilines is 2. The Labute approximate surface area is 690 Å². The number of nitro groups is 3. The number of ether oxygens (including phenoxy) is 4. The van der Waals surface area contributed by atoms with Gasteiger partial charge in [-0.15, -0.1) is 13.2 Å². The molecule has 119 heavy (non-hydrogen) atoms. The zero-order valence-corrected chi connectivity index (χ0v) is 67.8. The molecule has 10 N–H and O–H groups in total. The molecule has 0 aliphatic carbocycles. The number of nitrogen functional groups attached to an aromatic ring is 1. The molecule has 3 aromatic heterocycles. The number of carbonyl (C=O) groups is 4. The van der Waals surface area contributed by atoms with Crippen molar-refractivity contribution in [2.45, 2.75) is 95.7 Å². The van der Waals surface area contributed by atoms with Crippen LogP contribution < -0.4 is 47.2 Å². The molecule has 0 atom stereocenters. The summed E-state index contributed by atoms with van der Waals surface area (Å²) in [5.41, 5.74) is 33.2. The number of nitrogens with zero attached hydrogens (tertiary/aromatic N) is 9. The molecule has 6 heterocycles. The highest BCUT2D eigenvalue weighted by atomic mass is 16.6. The Bertz CT molecular complexity index is 5440. The Hall–Kier alpha value is -13.4. The van der Waals surface area contributed by atoms with Gasteiger partial charge in [-0.3, -0.25) is 49.5 Å². The van der Waals surface area contributed by atoms with E-state index in [9.17, 15) is 54.6 Å². The standard InChI is InChI=1S/C25H30N4O3.C23H26N4O4.C23H28N4O2.C10H11NO3.C9H9NO3/c1-17(30)27-21-5-6-24(32-2)19(15-21)7-11-28-12-9-22(10-13-28)29-14-8-18-3-4-20(25(26)31)16-23(18)29;1-31-22-5-4-20(27(29)30)14-17(22)6-10-25-11-8-19(9-12-25)26-13-7-16-2-3-18(23(24)28)15-21(16)26;1-29-22-5-4-19(24)14-17(22)6-10-26-11-8-20(9-12-26)27-13-7-16-2-3-18(23(25)28)15-21(16)27;1-3-4-8-7-9(11(12)13)5-6-10(8)14-2;1-2-3-7-6-8(10(12)13)4-5-9(7)11/h3-6,8,14-16,22H,7,9-13H2,1-2H3,(H2,26,31)(H,27,30);2-5,7,13-15,19H,6,8-12H2,1H3,(H2,24,28);2-5,7,13-15,20H,6,8-12,24H2,1H3,(H2,25,28);3,5-7H,1,4H2,2H3;2,4-6,11H,1,3H2. The Kier molecular flexibility index (Phi) is 31.0. The van der Waals surface area contributed by atoms with Crippen LogP contribution in [0.15, 0.2) is 208 Å². The van der Waals surface area contributed by atoms with Crippen LogP contribution in [0.2, 0.25) is 0 Å². The summed E-state index contributed by atoms with van der Waals surface area (Å²) in [6.07, 6.45) is 19.3. The lowest BCUT2D eigenvalue weighted by Crippen LogP contribution is -2.35. The summed E-state index contributed by atoms with van der Waals surface area (Å²) in [5.74, 6) is 1.87. The molecule has 11 aromatic rings. The number of rotatable bonds is 27. The Morgan fingerprint density at radius 3 is 1.11 bits per heavy atom. The third kappa shape index (κ3) is 23.5. The van der Waals surface area contributed by atoms with Gasteiger partial charge in [-0.25, -0.2) is 0 Å². The van der Waals surface area contributed by atoms with Crippen molar-refractivity contribution in [3.8, 4) is 28.7 Å². The summed E-state index contributed by atoms with van der Waals surface area (Å²) >= 11 is 0. The highest BCUT2D eigenvalue weighted by Crippen LogP contribution is 2.35. The number of fused-ring (bicyclic) bond motifs is 3. The van der Waals surface area contributed by atoms with Crippen LogP contribution in [-0.4, -0.2) is 159 Å². The van der Waals surface area contributed by atoms with Gasteiger partial charge < -0.3 is 80.7 Å². The second-order valence-corrected chi connectivity index (χ2v) is 29.4. The van der Waals surface area contributed by atoms with Gasteiger partial charge in [0.15, 0.2) is 0 Å². The number of piperidine rings is 3. The van der Waals surface area contributed by atoms with Gasteiger partial charge in [0.1, 0.15) is 28.7 Å². The number of phenolic OH excluding ortho intramolecular Hbond substituents is 1. The monoisotopic (exact) mass is 1620 g/mol. The van der Waals surface area contributed by atoms with E-state index >= 15 is 0 Å². The van der Waals surface area contributed by atoms with E-state index in [2.05, 4.69) is 83.7 Å². The van der Waals surface area contributed by atoms with Gasteiger partial charge in [0.25, 0.3) is 17.1 Å². The second-order valence-electron chi connectivity index (χ2n) is 29.4. The van der Waals surface area contributed by atoms with Crippen LogP contribution in [0.1, 0.15) is 122 Å². The number of benzene rings is 8. The van der Waals surface area contributed by atoms with Gasteiger partial charge in [0.05, 0.1) is 43.2 Å².